The fraction of sp³-hybridized carbons (Fsp3) is 1.00. The largest absolute Gasteiger partial charge is 0.353 e. The van der Waals surface area contributed by atoms with E-state index in [1.807, 2.05) is 6.92 Å². The molecular weight excluding hydrogens is 120 g/mol. The Labute approximate surface area is 55.6 Å². The van der Waals surface area contributed by atoms with E-state index in [2.05, 4.69) is 0 Å². The van der Waals surface area contributed by atoms with E-state index in [4.69, 9.17) is 9.47 Å². The Bertz CT molecular complexity index is 63.3. The van der Waals surface area contributed by atoms with E-state index in [1.54, 1.807) is 6.92 Å². The zero-order chi connectivity index (χ0) is 7.28. The summed E-state index contributed by atoms with van der Waals surface area (Å²) in [5.74, 6) is 0. The minimum atomic E-state index is -0.994. The van der Waals surface area contributed by atoms with Crippen molar-refractivity contribution in [1.82, 2.24) is 0 Å². The molecule has 9 heavy (non-hydrogen) atoms. The SMILES string of the molecule is CCOC(C)OC(C)[O]. The van der Waals surface area contributed by atoms with E-state index in [-0.39, 0.29) is 6.29 Å². The number of hydrogen-bond acceptors (Lipinski definition) is 2. The van der Waals surface area contributed by atoms with Gasteiger partial charge in [-0.15, -0.1) is 0 Å². The molecule has 3 heteroatoms. The molecule has 0 N–H and O–H groups in total. The minimum absolute atomic E-state index is 0.373. The fourth-order valence-electron chi connectivity index (χ4n) is 0.544. The van der Waals surface area contributed by atoms with Gasteiger partial charge in [0.15, 0.2) is 12.6 Å². The quantitative estimate of drug-likeness (QED) is 0.540. The first-order valence-electron chi connectivity index (χ1n) is 3.09. The van der Waals surface area contributed by atoms with Crippen LogP contribution in [0.25, 0.3) is 0 Å². The van der Waals surface area contributed by atoms with E-state index in [1.165, 1.54) is 6.92 Å². The van der Waals surface area contributed by atoms with Crippen LogP contribution < -0.4 is 0 Å². The van der Waals surface area contributed by atoms with Crippen molar-refractivity contribution in [2.75, 3.05) is 6.61 Å². The van der Waals surface area contributed by atoms with Crippen LogP contribution in [-0.4, -0.2) is 19.2 Å². The van der Waals surface area contributed by atoms with E-state index in [0.29, 0.717) is 6.61 Å². The van der Waals surface area contributed by atoms with Crippen molar-refractivity contribution in [3.8, 4) is 0 Å². The van der Waals surface area contributed by atoms with Crippen LogP contribution in [0.3, 0.4) is 0 Å². The summed E-state index contributed by atoms with van der Waals surface area (Å²) in [6.07, 6.45) is -1.37. The lowest BCUT2D eigenvalue weighted by atomic mass is 10.7. The molecule has 0 fully saturated rings. The van der Waals surface area contributed by atoms with Crippen molar-refractivity contribution in [3.63, 3.8) is 0 Å². The third kappa shape index (κ3) is 5.76. The Hall–Kier alpha value is -0.120. The first kappa shape index (κ1) is 8.88. The zero-order valence-electron chi connectivity index (χ0n) is 6.09. The monoisotopic (exact) mass is 133 g/mol. The number of hydrogen-bond donors (Lipinski definition) is 0. The van der Waals surface area contributed by atoms with Gasteiger partial charge >= 0.3 is 0 Å². The highest BCUT2D eigenvalue weighted by molar-refractivity contribution is 4.30. The van der Waals surface area contributed by atoms with Gasteiger partial charge in [0.1, 0.15) is 0 Å². The van der Waals surface area contributed by atoms with E-state index in [0.717, 1.165) is 0 Å². The molecule has 2 unspecified atom stereocenters. The van der Waals surface area contributed by atoms with Gasteiger partial charge in [0, 0.05) is 6.61 Å². The Morgan fingerprint density at radius 2 is 2.00 bits per heavy atom. The summed E-state index contributed by atoms with van der Waals surface area (Å²) in [4.78, 5) is 0. The van der Waals surface area contributed by atoms with Crippen LogP contribution in [-0.2, 0) is 14.6 Å². The Morgan fingerprint density at radius 3 is 2.33 bits per heavy atom. The highest BCUT2D eigenvalue weighted by atomic mass is 16.7. The number of ether oxygens (including phenoxy) is 2. The standard InChI is InChI=1S/C6H13O3/c1-4-8-6(3)9-5(2)7/h5-6H,4H2,1-3H3. The highest BCUT2D eigenvalue weighted by Crippen LogP contribution is 1.96. The Balaban J connectivity index is 3.15. The van der Waals surface area contributed by atoms with Gasteiger partial charge in [0.05, 0.1) is 0 Å². The van der Waals surface area contributed by atoms with Gasteiger partial charge < -0.3 is 9.47 Å². The molecule has 0 rings (SSSR count). The van der Waals surface area contributed by atoms with Crippen LogP contribution in [0, 0.1) is 0 Å². The predicted molar refractivity (Wildman–Crippen MR) is 32.3 cm³/mol. The van der Waals surface area contributed by atoms with E-state index in [9.17, 15) is 5.11 Å². The van der Waals surface area contributed by atoms with Gasteiger partial charge in [-0.05, 0) is 20.8 Å². The summed E-state index contributed by atoms with van der Waals surface area (Å²) in [6, 6.07) is 0. The summed E-state index contributed by atoms with van der Waals surface area (Å²) in [5.41, 5.74) is 0. The molecule has 0 aliphatic carbocycles. The molecule has 0 saturated carbocycles. The molecule has 3 nitrogen and oxygen atoms in total. The average Bonchev–Trinajstić information content (AvgIpc) is 1.63. The van der Waals surface area contributed by atoms with Crippen LogP contribution >= 0.6 is 0 Å². The van der Waals surface area contributed by atoms with Crippen LogP contribution in [0.1, 0.15) is 20.8 Å². The molecule has 0 saturated heterocycles. The molecule has 0 aromatic heterocycles. The van der Waals surface area contributed by atoms with Crippen LogP contribution in [0.5, 0.6) is 0 Å². The first-order chi connectivity index (χ1) is 4.16. The predicted octanol–water partition coefficient (Wildman–Crippen LogP) is 1.16. The molecule has 55 valence electrons. The normalized spacial score (nSPS) is 17.3. The van der Waals surface area contributed by atoms with Crippen molar-refractivity contribution < 1.29 is 14.6 Å². The van der Waals surface area contributed by atoms with E-state index < -0.39 is 6.29 Å². The molecule has 0 aliphatic heterocycles. The second-order valence-electron chi connectivity index (χ2n) is 1.73. The maximum absolute atomic E-state index is 10.3. The lowest BCUT2D eigenvalue weighted by Crippen LogP contribution is -2.18. The Morgan fingerprint density at radius 1 is 1.44 bits per heavy atom. The second-order valence-corrected chi connectivity index (χ2v) is 1.73. The van der Waals surface area contributed by atoms with Gasteiger partial charge in [-0.3, -0.25) is 0 Å². The second kappa shape index (κ2) is 4.73. The lowest BCUT2D eigenvalue weighted by Gasteiger charge is -2.12. The molecule has 1 radical (unpaired) electrons. The van der Waals surface area contributed by atoms with Crippen LogP contribution in [0.2, 0.25) is 0 Å². The number of rotatable bonds is 4. The third-order valence-electron chi connectivity index (χ3n) is 0.785. The van der Waals surface area contributed by atoms with Crippen molar-refractivity contribution in [2.45, 2.75) is 33.4 Å². The molecule has 0 bridgehead atoms. The summed E-state index contributed by atoms with van der Waals surface area (Å²) < 4.78 is 9.64. The van der Waals surface area contributed by atoms with Crippen LogP contribution in [0.4, 0.5) is 0 Å². The van der Waals surface area contributed by atoms with Crippen LogP contribution in [0.15, 0.2) is 0 Å². The molecule has 0 amide bonds. The van der Waals surface area contributed by atoms with Crippen molar-refractivity contribution in [3.05, 3.63) is 0 Å². The third-order valence-corrected chi connectivity index (χ3v) is 0.785. The lowest BCUT2D eigenvalue weighted by molar-refractivity contribution is -0.231. The van der Waals surface area contributed by atoms with Crippen molar-refractivity contribution in [1.29, 1.82) is 0 Å². The zero-order valence-corrected chi connectivity index (χ0v) is 6.09. The van der Waals surface area contributed by atoms with Gasteiger partial charge in [-0.2, -0.15) is 0 Å². The molecule has 0 spiro atoms. The van der Waals surface area contributed by atoms with Gasteiger partial charge in [-0.25, -0.2) is 5.11 Å². The maximum atomic E-state index is 10.3. The Kier molecular flexibility index (Phi) is 4.67. The minimum Gasteiger partial charge on any atom is -0.353 e. The summed E-state index contributed by atoms with van der Waals surface area (Å²) >= 11 is 0. The molecule has 0 aromatic rings. The van der Waals surface area contributed by atoms with E-state index >= 15 is 0 Å². The van der Waals surface area contributed by atoms with Crippen molar-refractivity contribution >= 4 is 0 Å². The van der Waals surface area contributed by atoms with Gasteiger partial charge in [0.25, 0.3) is 0 Å². The molecule has 0 aromatic carbocycles. The summed E-state index contributed by atoms with van der Waals surface area (Å²) in [5, 5.41) is 10.3. The summed E-state index contributed by atoms with van der Waals surface area (Å²) in [7, 11) is 0. The smallest absolute Gasteiger partial charge is 0.191 e. The molecular formula is C6H13O3. The highest BCUT2D eigenvalue weighted by Gasteiger charge is 2.04. The average molecular weight is 133 g/mol. The molecule has 2 atom stereocenters. The molecule has 0 aliphatic rings. The topological polar surface area (TPSA) is 38.4 Å². The first-order valence-corrected chi connectivity index (χ1v) is 3.09. The fourth-order valence-corrected chi connectivity index (χ4v) is 0.544. The van der Waals surface area contributed by atoms with Gasteiger partial charge in [0.2, 0.25) is 0 Å². The summed E-state index contributed by atoms with van der Waals surface area (Å²) in [6.45, 7) is 5.58. The van der Waals surface area contributed by atoms with Crippen molar-refractivity contribution in [2.24, 2.45) is 0 Å². The maximum Gasteiger partial charge on any atom is 0.191 e. The molecule has 0 heterocycles. The van der Waals surface area contributed by atoms with Gasteiger partial charge in [-0.1, -0.05) is 0 Å².